The summed E-state index contributed by atoms with van der Waals surface area (Å²) in [6.45, 7) is 6.80. The summed E-state index contributed by atoms with van der Waals surface area (Å²) in [5, 5.41) is 11.2. The van der Waals surface area contributed by atoms with Gasteiger partial charge in [0.05, 0.1) is 5.56 Å². The topological polar surface area (TPSA) is 63.1 Å². The van der Waals surface area contributed by atoms with E-state index in [-0.39, 0.29) is 5.91 Å². The average Bonchev–Trinajstić information content (AvgIpc) is 3.33. The molecule has 0 bridgehead atoms. The van der Waals surface area contributed by atoms with E-state index < -0.39 is 0 Å². The molecule has 0 aliphatic heterocycles. The van der Waals surface area contributed by atoms with Crippen molar-refractivity contribution in [3.8, 4) is 0 Å². The highest BCUT2D eigenvalue weighted by molar-refractivity contribution is 6.00. The van der Waals surface area contributed by atoms with Crippen LogP contribution in [0.4, 0.5) is 5.69 Å². The SMILES string of the molecule is Cc1ccc(N(C)C(C)C)c(C(=O)NCCc2nncn2C2CC2)c1. The number of nitrogens with zero attached hydrogens (tertiary/aromatic N) is 4. The first-order valence-electron chi connectivity index (χ1n) is 8.97. The predicted molar refractivity (Wildman–Crippen MR) is 99.0 cm³/mol. The molecule has 1 aromatic carbocycles. The molecule has 2 aromatic rings. The largest absolute Gasteiger partial charge is 0.372 e. The quantitative estimate of drug-likeness (QED) is 0.841. The Morgan fingerprint density at radius 3 is 2.84 bits per heavy atom. The lowest BCUT2D eigenvalue weighted by molar-refractivity contribution is 0.0954. The van der Waals surface area contributed by atoms with E-state index >= 15 is 0 Å². The van der Waals surface area contributed by atoms with Crippen molar-refractivity contribution in [3.05, 3.63) is 41.5 Å². The van der Waals surface area contributed by atoms with E-state index in [0.29, 0.717) is 25.0 Å². The number of hydrogen-bond donors (Lipinski definition) is 1. The minimum absolute atomic E-state index is 0.0383. The van der Waals surface area contributed by atoms with Gasteiger partial charge in [0.1, 0.15) is 12.2 Å². The Hall–Kier alpha value is -2.37. The van der Waals surface area contributed by atoms with Crippen molar-refractivity contribution in [1.29, 1.82) is 0 Å². The van der Waals surface area contributed by atoms with Crippen molar-refractivity contribution in [2.75, 3.05) is 18.5 Å². The molecular formula is C19H27N5O. The zero-order valence-electron chi connectivity index (χ0n) is 15.5. The molecule has 1 aliphatic carbocycles. The molecule has 25 heavy (non-hydrogen) atoms. The first-order chi connectivity index (χ1) is 12.0. The number of carbonyl (C=O) groups excluding carboxylic acids is 1. The monoisotopic (exact) mass is 341 g/mol. The highest BCUT2D eigenvalue weighted by atomic mass is 16.1. The van der Waals surface area contributed by atoms with Gasteiger partial charge in [-0.2, -0.15) is 0 Å². The molecule has 0 unspecified atom stereocenters. The number of amides is 1. The van der Waals surface area contributed by atoms with Gasteiger partial charge in [-0.05, 0) is 45.7 Å². The maximum absolute atomic E-state index is 12.7. The summed E-state index contributed by atoms with van der Waals surface area (Å²) in [6, 6.07) is 6.91. The first kappa shape index (κ1) is 17.5. The summed E-state index contributed by atoms with van der Waals surface area (Å²) >= 11 is 0. The molecule has 1 aliphatic rings. The van der Waals surface area contributed by atoms with Gasteiger partial charge in [0.15, 0.2) is 0 Å². The van der Waals surface area contributed by atoms with E-state index in [4.69, 9.17) is 0 Å². The van der Waals surface area contributed by atoms with Crippen LogP contribution in [-0.2, 0) is 6.42 Å². The van der Waals surface area contributed by atoms with Crippen molar-refractivity contribution < 1.29 is 4.79 Å². The lowest BCUT2D eigenvalue weighted by Gasteiger charge is -2.26. The Kier molecular flexibility index (Phi) is 5.06. The Labute approximate surface area is 149 Å². The van der Waals surface area contributed by atoms with E-state index in [1.807, 2.05) is 32.2 Å². The van der Waals surface area contributed by atoms with Gasteiger partial charge in [0.2, 0.25) is 0 Å². The van der Waals surface area contributed by atoms with Crippen LogP contribution in [0.1, 0.15) is 54.5 Å². The van der Waals surface area contributed by atoms with Crippen LogP contribution in [0.2, 0.25) is 0 Å². The normalized spacial score (nSPS) is 14.0. The van der Waals surface area contributed by atoms with E-state index in [2.05, 4.69) is 38.8 Å². The maximum Gasteiger partial charge on any atom is 0.253 e. The molecule has 1 fully saturated rings. The van der Waals surface area contributed by atoms with Crippen LogP contribution in [0.25, 0.3) is 0 Å². The van der Waals surface area contributed by atoms with Gasteiger partial charge in [-0.25, -0.2) is 0 Å². The van der Waals surface area contributed by atoms with Gasteiger partial charge >= 0.3 is 0 Å². The van der Waals surface area contributed by atoms with Gasteiger partial charge < -0.3 is 14.8 Å². The van der Waals surface area contributed by atoms with E-state index in [0.717, 1.165) is 22.6 Å². The second-order valence-electron chi connectivity index (χ2n) is 7.12. The van der Waals surface area contributed by atoms with Crippen molar-refractivity contribution in [3.63, 3.8) is 0 Å². The first-order valence-corrected chi connectivity index (χ1v) is 8.97. The minimum atomic E-state index is -0.0383. The van der Waals surface area contributed by atoms with E-state index in [1.165, 1.54) is 12.8 Å². The number of benzene rings is 1. The van der Waals surface area contributed by atoms with Crippen LogP contribution in [0.15, 0.2) is 24.5 Å². The second-order valence-corrected chi connectivity index (χ2v) is 7.12. The summed E-state index contributed by atoms with van der Waals surface area (Å²) in [5.74, 6) is 0.912. The molecule has 1 amide bonds. The standard InChI is InChI=1S/C19H27N5O/c1-13(2)23(4)17-8-5-14(3)11-16(17)19(25)20-10-9-18-22-21-12-24(18)15-6-7-15/h5,8,11-13,15H,6-7,9-10H2,1-4H3,(H,20,25). The molecule has 1 aromatic heterocycles. The molecule has 6 heteroatoms. The Morgan fingerprint density at radius 2 is 2.16 bits per heavy atom. The number of rotatable bonds is 7. The van der Waals surface area contributed by atoms with Crippen molar-refractivity contribution in [2.45, 2.75) is 52.1 Å². The molecule has 0 spiro atoms. The summed E-state index contributed by atoms with van der Waals surface area (Å²) in [6.07, 6.45) is 4.89. The molecule has 0 atom stereocenters. The minimum Gasteiger partial charge on any atom is -0.372 e. The lowest BCUT2D eigenvalue weighted by atomic mass is 10.1. The molecule has 3 rings (SSSR count). The zero-order valence-corrected chi connectivity index (χ0v) is 15.5. The van der Waals surface area contributed by atoms with Crippen LogP contribution in [0.3, 0.4) is 0 Å². The average molecular weight is 341 g/mol. The number of aryl methyl sites for hydroxylation is 1. The molecule has 0 saturated heterocycles. The van der Waals surface area contributed by atoms with E-state index in [9.17, 15) is 4.79 Å². The number of nitrogens with one attached hydrogen (secondary N) is 1. The summed E-state index contributed by atoms with van der Waals surface area (Å²) in [4.78, 5) is 14.8. The molecule has 134 valence electrons. The maximum atomic E-state index is 12.7. The van der Waals surface area contributed by atoms with Gasteiger partial charge in [-0.3, -0.25) is 4.79 Å². The Balaban J connectivity index is 1.66. The fraction of sp³-hybridized carbons (Fsp3) is 0.526. The van der Waals surface area contributed by atoms with Crippen LogP contribution in [0, 0.1) is 6.92 Å². The summed E-state index contributed by atoms with van der Waals surface area (Å²) in [5.41, 5.74) is 2.76. The van der Waals surface area contributed by atoms with Crippen LogP contribution in [0.5, 0.6) is 0 Å². The highest BCUT2D eigenvalue weighted by Gasteiger charge is 2.26. The molecule has 1 N–H and O–H groups in total. The summed E-state index contributed by atoms with van der Waals surface area (Å²) in [7, 11) is 2.02. The molecule has 1 heterocycles. The van der Waals surface area contributed by atoms with Crippen molar-refractivity contribution in [1.82, 2.24) is 20.1 Å². The number of anilines is 1. The fourth-order valence-corrected chi connectivity index (χ4v) is 2.90. The number of carbonyl (C=O) groups is 1. The van der Waals surface area contributed by atoms with Crippen LogP contribution in [-0.4, -0.2) is 40.3 Å². The van der Waals surface area contributed by atoms with Crippen LogP contribution >= 0.6 is 0 Å². The zero-order chi connectivity index (χ0) is 18.0. The third-order valence-corrected chi connectivity index (χ3v) is 4.77. The molecule has 0 radical (unpaired) electrons. The molecule has 6 nitrogen and oxygen atoms in total. The number of hydrogen-bond acceptors (Lipinski definition) is 4. The molecule has 1 saturated carbocycles. The van der Waals surface area contributed by atoms with E-state index in [1.54, 1.807) is 6.33 Å². The highest BCUT2D eigenvalue weighted by Crippen LogP contribution is 2.35. The van der Waals surface area contributed by atoms with Crippen molar-refractivity contribution in [2.24, 2.45) is 0 Å². The predicted octanol–water partition coefficient (Wildman–Crippen LogP) is 2.74. The van der Waals surface area contributed by atoms with Crippen LogP contribution < -0.4 is 10.2 Å². The third-order valence-electron chi connectivity index (χ3n) is 4.77. The van der Waals surface area contributed by atoms with Gasteiger partial charge in [0.25, 0.3) is 5.91 Å². The summed E-state index contributed by atoms with van der Waals surface area (Å²) < 4.78 is 2.14. The second kappa shape index (κ2) is 7.25. The van der Waals surface area contributed by atoms with Crippen molar-refractivity contribution >= 4 is 11.6 Å². The fourth-order valence-electron chi connectivity index (χ4n) is 2.90. The molecular weight excluding hydrogens is 314 g/mol. The Morgan fingerprint density at radius 1 is 1.40 bits per heavy atom. The smallest absolute Gasteiger partial charge is 0.253 e. The third kappa shape index (κ3) is 4.00. The van der Waals surface area contributed by atoms with Gasteiger partial charge in [-0.1, -0.05) is 11.6 Å². The van der Waals surface area contributed by atoms with Gasteiger partial charge in [0, 0.05) is 37.8 Å². The Bertz CT molecular complexity index is 748. The number of aromatic nitrogens is 3. The lowest BCUT2D eigenvalue weighted by Crippen LogP contribution is -2.31. The van der Waals surface area contributed by atoms with Gasteiger partial charge in [-0.15, -0.1) is 10.2 Å².